The van der Waals surface area contributed by atoms with Gasteiger partial charge in [-0.15, -0.1) is 0 Å². The third-order valence-corrected chi connectivity index (χ3v) is 5.37. The van der Waals surface area contributed by atoms with Crippen LogP contribution in [0.1, 0.15) is 17.9 Å². The molecule has 0 radical (unpaired) electrons. The Balaban J connectivity index is 1.80. The van der Waals surface area contributed by atoms with Crippen LogP contribution in [-0.2, 0) is 9.84 Å². The summed E-state index contributed by atoms with van der Waals surface area (Å²) < 4.78 is 23.6. The molecule has 24 heavy (non-hydrogen) atoms. The van der Waals surface area contributed by atoms with Gasteiger partial charge in [0.05, 0.1) is 4.92 Å². The molecule has 1 aliphatic carbocycles. The first-order chi connectivity index (χ1) is 11.3. The lowest BCUT2D eigenvalue weighted by molar-refractivity contribution is -0.387. The molecule has 2 aromatic rings. The molecule has 8 heteroatoms. The van der Waals surface area contributed by atoms with E-state index in [2.05, 4.69) is 5.32 Å². The van der Waals surface area contributed by atoms with Crippen molar-refractivity contribution in [2.75, 3.05) is 11.6 Å². The predicted octanol–water partition coefficient (Wildman–Crippen LogP) is 3.62. The van der Waals surface area contributed by atoms with E-state index < -0.39 is 20.4 Å². The summed E-state index contributed by atoms with van der Waals surface area (Å²) in [6.07, 6.45) is 1.87. The SMILES string of the molecule is CS(=O)(=O)c1cc(NC2CC2c2ccc(Cl)cc2)ccc1[N+](=O)[O-]. The summed E-state index contributed by atoms with van der Waals surface area (Å²) in [4.78, 5) is 10.0. The highest BCUT2D eigenvalue weighted by Crippen LogP contribution is 2.43. The Hall–Kier alpha value is -2.12. The maximum absolute atomic E-state index is 11.8. The molecule has 2 atom stereocenters. The first kappa shape index (κ1) is 16.7. The van der Waals surface area contributed by atoms with E-state index in [1.807, 2.05) is 24.3 Å². The summed E-state index contributed by atoms with van der Waals surface area (Å²) >= 11 is 5.88. The third kappa shape index (κ3) is 3.52. The number of anilines is 1. The molecule has 1 aliphatic rings. The molecule has 0 aliphatic heterocycles. The van der Waals surface area contributed by atoms with Crippen LogP contribution in [0.4, 0.5) is 11.4 Å². The zero-order chi connectivity index (χ0) is 17.5. The fourth-order valence-corrected chi connectivity index (χ4v) is 3.69. The van der Waals surface area contributed by atoms with E-state index in [0.29, 0.717) is 16.6 Å². The molecule has 2 aromatic carbocycles. The standard InChI is InChI=1S/C16H15ClN2O4S/c1-24(22,23)16-8-12(6-7-15(16)19(20)21)18-14-9-13(14)10-2-4-11(17)5-3-10/h2-8,13-14,18H,9H2,1H3. The third-order valence-electron chi connectivity index (χ3n) is 4.00. The van der Waals surface area contributed by atoms with Crippen molar-refractivity contribution < 1.29 is 13.3 Å². The Morgan fingerprint density at radius 2 is 1.88 bits per heavy atom. The molecule has 0 spiro atoms. The Labute approximate surface area is 144 Å². The van der Waals surface area contributed by atoms with Crippen molar-refractivity contribution in [3.8, 4) is 0 Å². The molecule has 1 fully saturated rings. The minimum Gasteiger partial charge on any atom is -0.382 e. The summed E-state index contributed by atoms with van der Waals surface area (Å²) in [5.74, 6) is 0.319. The van der Waals surface area contributed by atoms with Gasteiger partial charge >= 0.3 is 0 Å². The largest absolute Gasteiger partial charge is 0.382 e. The van der Waals surface area contributed by atoms with Crippen LogP contribution in [0.25, 0.3) is 0 Å². The lowest BCUT2D eigenvalue weighted by atomic mass is 10.1. The van der Waals surface area contributed by atoms with Crippen LogP contribution < -0.4 is 5.32 Å². The fourth-order valence-electron chi connectivity index (χ4n) is 2.70. The van der Waals surface area contributed by atoms with Gasteiger partial charge in [0.1, 0.15) is 4.90 Å². The second-order valence-electron chi connectivity index (χ2n) is 5.86. The molecular weight excluding hydrogens is 352 g/mol. The van der Waals surface area contributed by atoms with Gasteiger partial charge in [-0.25, -0.2) is 8.42 Å². The topological polar surface area (TPSA) is 89.3 Å². The van der Waals surface area contributed by atoms with Gasteiger partial charge in [0.15, 0.2) is 9.84 Å². The molecule has 0 aromatic heterocycles. The highest BCUT2D eigenvalue weighted by atomic mass is 35.5. The maximum atomic E-state index is 11.8. The monoisotopic (exact) mass is 366 g/mol. The number of hydrogen-bond acceptors (Lipinski definition) is 5. The fraction of sp³-hybridized carbons (Fsp3) is 0.250. The first-order valence-electron chi connectivity index (χ1n) is 7.26. The molecule has 1 saturated carbocycles. The Kier molecular flexibility index (Phi) is 4.23. The van der Waals surface area contributed by atoms with E-state index in [9.17, 15) is 18.5 Å². The van der Waals surface area contributed by atoms with Crippen LogP contribution >= 0.6 is 11.6 Å². The smallest absolute Gasteiger partial charge is 0.288 e. The summed E-state index contributed by atoms with van der Waals surface area (Å²) in [7, 11) is -3.68. The number of nitrogens with one attached hydrogen (secondary N) is 1. The second-order valence-corrected chi connectivity index (χ2v) is 8.28. The number of nitro groups is 1. The van der Waals surface area contributed by atoms with Crippen LogP contribution in [0.15, 0.2) is 47.4 Å². The first-order valence-corrected chi connectivity index (χ1v) is 9.53. The maximum Gasteiger partial charge on any atom is 0.288 e. The summed E-state index contributed by atoms with van der Waals surface area (Å²) in [5.41, 5.74) is 1.30. The number of hydrogen-bond donors (Lipinski definition) is 1. The number of nitrogens with zero attached hydrogens (tertiary/aromatic N) is 1. The molecule has 2 unspecified atom stereocenters. The van der Waals surface area contributed by atoms with Crippen molar-refractivity contribution in [2.45, 2.75) is 23.3 Å². The molecule has 0 heterocycles. The van der Waals surface area contributed by atoms with E-state index in [-0.39, 0.29) is 10.9 Å². The minimum absolute atomic E-state index is 0.167. The van der Waals surface area contributed by atoms with E-state index in [0.717, 1.165) is 18.2 Å². The normalized spacial score (nSPS) is 19.8. The van der Waals surface area contributed by atoms with Crippen molar-refractivity contribution >= 4 is 32.8 Å². The van der Waals surface area contributed by atoms with E-state index in [1.165, 1.54) is 18.2 Å². The van der Waals surface area contributed by atoms with Gasteiger partial charge in [0, 0.05) is 35.0 Å². The number of halogens is 1. The summed E-state index contributed by atoms with van der Waals surface area (Å²) in [5, 5.41) is 14.9. The van der Waals surface area contributed by atoms with E-state index >= 15 is 0 Å². The zero-order valence-electron chi connectivity index (χ0n) is 12.8. The molecule has 0 saturated heterocycles. The summed E-state index contributed by atoms with van der Waals surface area (Å²) in [6.45, 7) is 0. The average molecular weight is 367 g/mol. The molecule has 126 valence electrons. The number of benzene rings is 2. The lowest BCUT2D eigenvalue weighted by Crippen LogP contribution is -2.07. The van der Waals surface area contributed by atoms with Crippen LogP contribution in [0, 0.1) is 10.1 Å². The Bertz CT molecular complexity index is 897. The molecule has 1 N–H and O–H groups in total. The van der Waals surface area contributed by atoms with Gasteiger partial charge in [0.2, 0.25) is 0 Å². The molecular formula is C16H15ClN2O4S. The van der Waals surface area contributed by atoms with Crippen molar-refractivity contribution in [1.82, 2.24) is 0 Å². The Morgan fingerprint density at radius 3 is 2.46 bits per heavy atom. The van der Waals surface area contributed by atoms with Crippen molar-refractivity contribution in [3.63, 3.8) is 0 Å². The minimum atomic E-state index is -3.68. The highest BCUT2D eigenvalue weighted by molar-refractivity contribution is 7.90. The van der Waals surface area contributed by atoms with Gasteiger partial charge in [0.25, 0.3) is 5.69 Å². The van der Waals surface area contributed by atoms with Crippen molar-refractivity contribution in [3.05, 3.63) is 63.2 Å². The molecule has 3 rings (SSSR count). The van der Waals surface area contributed by atoms with Crippen LogP contribution in [0.5, 0.6) is 0 Å². The van der Waals surface area contributed by atoms with Crippen LogP contribution in [0.3, 0.4) is 0 Å². The average Bonchev–Trinajstić information content (AvgIpc) is 3.26. The van der Waals surface area contributed by atoms with Gasteiger partial charge in [-0.1, -0.05) is 23.7 Å². The van der Waals surface area contributed by atoms with Gasteiger partial charge in [-0.3, -0.25) is 10.1 Å². The number of sulfone groups is 1. The van der Waals surface area contributed by atoms with Gasteiger partial charge in [-0.05, 0) is 36.2 Å². The van der Waals surface area contributed by atoms with Crippen LogP contribution in [-0.4, -0.2) is 25.6 Å². The Morgan fingerprint density at radius 1 is 1.21 bits per heavy atom. The number of rotatable bonds is 5. The number of nitro benzene ring substituents is 1. The molecule has 0 bridgehead atoms. The van der Waals surface area contributed by atoms with E-state index in [4.69, 9.17) is 11.6 Å². The van der Waals surface area contributed by atoms with E-state index in [1.54, 1.807) is 0 Å². The second kappa shape index (κ2) is 6.07. The highest BCUT2D eigenvalue weighted by Gasteiger charge is 2.38. The molecule has 6 nitrogen and oxygen atoms in total. The molecule has 0 amide bonds. The van der Waals surface area contributed by atoms with Gasteiger partial charge < -0.3 is 5.32 Å². The zero-order valence-corrected chi connectivity index (χ0v) is 14.3. The van der Waals surface area contributed by atoms with Crippen molar-refractivity contribution in [1.29, 1.82) is 0 Å². The predicted molar refractivity (Wildman–Crippen MR) is 92.4 cm³/mol. The lowest BCUT2D eigenvalue weighted by Gasteiger charge is -2.08. The van der Waals surface area contributed by atoms with Crippen molar-refractivity contribution in [2.24, 2.45) is 0 Å². The quantitative estimate of drug-likeness (QED) is 0.644. The van der Waals surface area contributed by atoms with Gasteiger partial charge in [-0.2, -0.15) is 0 Å². The summed E-state index contributed by atoms with van der Waals surface area (Å²) in [6, 6.07) is 11.8. The van der Waals surface area contributed by atoms with Crippen LogP contribution in [0.2, 0.25) is 5.02 Å².